The Labute approximate surface area is 307 Å². The number of amides is 1. The van der Waals surface area contributed by atoms with E-state index in [-0.39, 0.29) is 72.2 Å². The van der Waals surface area contributed by atoms with E-state index in [0.717, 1.165) is 52.3 Å². The van der Waals surface area contributed by atoms with Crippen molar-refractivity contribution in [3.8, 4) is 11.5 Å². The van der Waals surface area contributed by atoms with E-state index in [1.54, 1.807) is 0 Å². The van der Waals surface area contributed by atoms with Gasteiger partial charge in [0, 0.05) is 35.1 Å². The summed E-state index contributed by atoms with van der Waals surface area (Å²) in [6.45, 7) is 6.40. The van der Waals surface area contributed by atoms with Crippen LogP contribution in [0.5, 0.6) is 11.5 Å². The number of anilines is 1. The van der Waals surface area contributed by atoms with Gasteiger partial charge >= 0.3 is 35.5 Å². The molecule has 1 saturated carbocycles. The zero-order valence-corrected chi connectivity index (χ0v) is 31.0. The molecule has 8 heteroatoms. The van der Waals surface area contributed by atoms with E-state index < -0.39 is 11.9 Å². The van der Waals surface area contributed by atoms with Gasteiger partial charge in [-0.2, -0.15) is 0 Å². The van der Waals surface area contributed by atoms with Crippen LogP contribution in [0.25, 0.3) is 0 Å². The van der Waals surface area contributed by atoms with Gasteiger partial charge in [0.2, 0.25) is 5.91 Å². The van der Waals surface area contributed by atoms with E-state index in [9.17, 15) is 19.5 Å². The monoisotopic (exact) mass is 661 g/mol. The first-order chi connectivity index (χ1) is 22.6. The summed E-state index contributed by atoms with van der Waals surface area (Å²) in [4.78, 5) is 37.2. The molecule has 0 spiro atoms. The Hall–Kier alpha value is -3.13. The average Bonchev–Trinajstić information content (AvgIpc) is 3.05. The Morgan fingerprint density at radius 1 is 0.896 bits per heavy atom. The van der Waals surface area contributed by atoms with Gasteiger partial charge in [-0.15, -0.1) is 0 Å². The molecule has 0 saturated heterocycles. The van der Waals surface area contributed by atoms with Gasteiger partial charge < -0.3 is 24.7 Å². The smallest absolute Gasteiger partial charge is 0.550 e. The Balaban J connectivity index is 0.00000520. The van der Waals surface area contributed by atoms with Crippen molar-refractivity contribution in [3.63, 3.8) is 0 Å². The quantitative estimate of drug-likeness (QED) is 0.205. The van der Waals surface area contributed by atoms with Crippen molar-refractivity contribution in [1.29, 1.82) is 0 Å². The molecule has 0 radical (unpaired) electrons. The van der Waals surface area contributed by atoms with Crippen molar-refractivity contribution < 1.29 is 58.5 Å². The number of hydrogen-bond donors (Lipinski definition) is 1. The number of aliphatic carboxylic acids is 1. The number of nitrogens with one attached hydrogen (secondary N) is 1. The first-order valence-corrected chi connectivity index (χ1v) is 17.2. The second kappa shape index (κ2) is 17.5. The van der Waals surface area contributed by atoms with Gasteiger partial charge in [0.1, 0.15) is 17.6 Å². The minimum atomic E-state index is -1.25. The van der Waals surface area contributed by atoms with Crippen LogP contribution in [0.3, 0.4) is 0 Å². The maximum Gasteiger partial charge on any atom is 1.00 e. The SMILES string of the molecule is CC(C)(C)c1ccc(CC[C@@H](CCC2CCCCC2)OC(=O)CCC(=O)[O-])cc1NC(=O)CC1c2ccccc2Oc2ccccc21.[Na+]. The topological polar surface area (TPSA) is 105 Å². The fourth-order valence-corrected chi connectivity index (χ4v) is 7.06. The summed E-state index contributed by atoms with van der Waals surface area (Å²) >= 11 is 0. The molecule has 0 aromatic heterocycles. The molecule has 0 unspecified atom stereocenters. The molecule has 48 heavy (non-hydrogen) atoms. The Morgan fingerprint density at radius 3 is 2.17 bits per heavy atom. The number of hydrogen-bond acceptors (Lipinski definition) is 6. The van der Waals surface area contributed by atoms with Crippen LogP contribution in [0.1, 0.15) is 120 Å². The van der Waals surface area contributed by atoms with Gasteiger partial charge in [0.25, 0.3) is 0 Å². The van der Waals surface area contributed by atoms with E-state index in [4.69, 9.17) is 9.47 Å². The van der Waals surface area contributed by atoms with Gasteiger partial charge in [-0.25, -0.2) is 0 Å². The number of carboxylic acids is 1. The molecule has 5 rings (SSSR count). The molecule has 3 aromatic rings. The molecule has 1 aliphatic heterocycles. The number of carboxylic acid groups (broad SMARTS) is 1. The zero-order chi connectivity index (χ0) is 33.4. The van der Waals surface area contributed by atoms with Crippen LogP contribution in [-0.4, -0.2) is 23.9 Å². The maximum atomic E-state index is 13.8. The number of ether oxygens (including phenoxy) is 2. The molecular formula is C40H48NNaO6. The maximum absolute atomic E-state index is 13.8. The van der Waals surface area contributed by atoms with Gasteiger partial charge in [0.05, 0.1) is 6.42 Å². The van der Waals surface area contributed by atoms with Crippen molar-refractivity contribution in [2.75, 3.05) is 5.32 Å². The van der Waals surface area contributed by atoms with Crippen LogP contribution in [0.15, 0.2) is 66.7 Å². The second-order valence-corrected chi connectivity index (χ2v) is 14.2. The largest absolute Gasteiger partial charge is 1.00 e. The van der Waals surface area contributed by atoms with E-state index in [1.165, 1.54) is 32.1 Å². The fraction of sp³-hybridized carbons (Fsp3) is 0.475. The first-order valence-electron chi connectivity index (χ1n) is 17.2. The fourth-order valence-electron chi connectivity index (χ4n) is 7.06. The first kappa shape index (κ1) is 37.7. The third-order valence-electron chi connectivity index (χ3n) is 9.57. The van der Waals surface area contributed by atoms with Crippen molar-refractivity contribution >= 4 is 23.5 Å². The summed E-state index contributed by atoms with van der Waals surface area (Å²) in [5.74, 6) is 0.259. The molecule has 1 fully saturated rings. The van der Waals surface area contributed by atoms with Crippen molar-refractivity contribution in [2.45, 2.75) is 115 Å². The van der Waals surface area contributed by atoms with Gasteiger partial charge in [0.15, 0.2) is 0 Å². The Bertz CT molecular complexity index is 1510. The van der Waals surface area contributed by atoms with Gasteiger partial charge in [-0.05, 0) is 72.8 Å². The molecule has 1 atom stereocenters. The summed E-state index contributed by atoms with van der Waals surface area (Å²) in [6.07, 6.45) is 8.75. The number of esters is 1. The number of carbonyl (C=O) groups is 3. The van der Waals surface area contributed by atoms with Crippen LogP contribution in [0.2, 0.25) is 0 Å². The van der Waals surface area contributed by atoms with Crippen molar-refractivity contribution in [2.24, 2.45) is 5.92 Å². The molecule has 7 nitrogen and oxygen atoms in total. The molecule has 1 aliphatic carbocycles. The zero-order valence-electron chi connectivity index (χ0n) is 29.0. The number of rotatable bonds is 13. The van der Waals surface area contributed by atoms with Crippen LogP contribution >= 0.6 is 0 Å². The van der Waals surface area contributed by atoms with Crippen molar-refractivity contribution in [3.05, 3.63) is 89.0 Å². The van der Waals surface area contributed by atoms with Crippen LogP contribution in [0.4, 0.5) is 5.69 Å². The van der Waals surface area contributed by atoms with E-state index in [2.05, 4.69) is 44.3 Å². The number of benzene rings is 3. The third-order valence-corrected chi connectivity index (χ3v) is 9.57. The van der Waals surface area contributed by atoms with E-state index in [0.29, 0.717) is 18.8 Å². The molecule has 1 heterocycles. The molecular weight excluding hydrogens is 613 g/mol. The van der Waals surface area contributed by atoms with Crippen LogP contribution in [-0.2, 0) is 31.0 Å². The Kier molecular flexibility index (Phi) is 13.7. The number of aryl methyl sites for hydroxylation is 1. The Morgan fingerprint density at radius 2 is 1.54 bits per heavy atom. The van der Waals surface area contributed by atoms with Crippen LogP contribution < -0.4 is 44.7 Å². The number of carbonyl (C=O) groups excluding carboxylic acids is 3. The van der Waals surface area contributed by atoms with E-state index in [1.807, 2.05) is 48.5 Å². The summed E-state index contributed by atoms with van der Waals surface area (Å²) in [7, 11) is 0. The van der Waals surface area contributed by atoms with Crippen molar-refractivity contribution in [1.82, 2.24) is 0 Å². The molecule has 1 amide bonds. The predicted octanol–water partition coefficient (Wildman–Crippen LogP) is 4.99. The molecule has 0 bridgehead atoms. The number of fused-ring (bicyclic) bond motifs is 2. The molecule has 2 aliphatic rings. The van der Waals surface area contributed by atoms with Gasteiger partial charge in [-0.3, -0.25) is 9.59 Å². The normalized spacial score (nSPS) is 15.2. The minimum absolute atomic E-state index is 0. The summed E-state index contributed by atoms with van der Waals surface area (Å²) < 4.78 is 12.0. The standard InChI is InChI=1S/C40H49NO6.Na/c1-40(2,3)33-22-19-28(18-21-29(46-39(45)24-23-38(43)44)20-17-27-11-5-4-6-12-27)25-34(33)41-37(42)26-32-30-13-7-9-15-35(30)47-36-16-10-8-14-31(32)36;/h7-10,13-16,19,22,25,27,29,32H,4-6,11-12,17-18,20-21,23-24,26H2,1-3H3,(H,41,42)(H,43,44);/q;+1/p-1/t29-;/m1./s1. The predicted molar refractivity (Wildman–Crippen MR) is 181 cm³/mol. The summed E-state index contributed by atoms with van der Waals surface area (Å²) in [5, 5.41) is 14.2. The summed E-state index contributed by atoms with van der Waals surface area (Å²) in [6, 6.07) is 22.0. The molecule has 250 valence electrons. The second-order valence-electron chi connectivity index (χ2n) is 14.2. The van der Waals surface area contributed by atoms with Crippen LogP contribution in [0, 0.1) is 5.92 Å². The number of para-hydroxylation sites is 2. The third kappa shape index (κ3) is 10.4. The minimum Gasteiger partial charge on any atom is -0.550 e. The average molecular weight is 662 g/mol. The van der Waals surface area contributed by atoms with E-state index >= 15 is 0 Å². The summed E-state index contributed by atoms with van der Waals surface area (Å²) in [5.41, 5.74) is 4.68. The molecule has 1 N–H and O–H groups in total. The van der Waals surface area contributed by atoms with Gasteiger partial charge in [-0.1, -0.05) is 101 Å². The molecule has 3 aromatic carbocycles.